The summed E-state index contributed by atoms with van der Waals surface area (Å²) in [6, 6.07) is 0. The quantitative estimate of drug-likeness (QED) is 0.128. The summed E-state index contributed by atoms with van der Waals surface area (Å²) in [6.45, 7) is 0.589. The van der Waals surface area contributed by atoms with Gasteiger partial charge in [0.1, 0.15) is 0 Å². The summed E-state index contributed by atoms with van der Waals surface area (Å²) < 4.78 is 31.6. The smallest absolute Gasteiger partial charge is 0.370 e. The van der Waals surface area contributed by atoms with Crippen molar-refractivity contribution in [1.82, 2.24) is 5.32 Å². The first-order chi connectivity index (χ1) is 5.77. The van der Waals surface area contributed by atoms with Crippen molar-refractivity contribution in [2.45, 2.75) is 6.42 Å². The molecule has 0 atom stereocenters. The van der Waals surface area contributed by atoms with Gasteiger partial charge in [-0.2, -0.15) is 8.42 Å². The van der Waals surface area contributed by atoms with Gasteiger partial charge in [0.05, 0.1) is 0 Å². The predicted molar refractivity (Wildman–Crippen MR) is 47.5 cm³/mol. The molecule has 0 unspecified atom stereocenters. The normalized spacial score (nSPS) is 9.00. The highest BCUT2D eigenvalue weighted by Gasteiger charge is 1.84. The number of rotatable bonds is 2. The molecule has 0 amide bonds. The van der Waals surface area contributed by atoms with E-state index in [2.05, 4.69) is 11.2 Å². The fourth-order valence-electron chi connectivity index (χ4n) is 0.269. The molecular formula is C5H11N3O4S. The highest BCUT2D eigenvalue weighted by atomic mass is 32.3. The third kappa shape index (κ3) is 59.2. The number of nitrogens with two attached hydrogens (primary N) is 1. The molecule has 6 N–H and O–H groups in total. The van der Waals surface area contributed by atoms with Crippen LogP contribution < -0.4 is 11.1 Å². The average molecular weight is 209 g/mol. The van der Waals surface area contributed by atoms with E-state index in [1.165, 1.54) is 0 Å². The fourth-order valence-corrected chi connectivity index (χ4v) is 0.269. The molecule has 0 saturated carbocycles. The van der Waals surface area contributed by atoms with Crippen LogP contribution in [0.25, 0.3) is 0 Å². The Morgan fingerprint density at radius 1 is 1.62 bits per heavy atom. The maximum absolute atomic E-state index is 8.74. The van der Waals surface area contributed by atoms with Crippen LogP contribution in [0.2, 0.25) is 0 Å². The lowest BCUT2D eigenvalue weighted by molar-refractivity contribution is 0.381. The maximum atomic E-state index is 8.74. The van der Waals surface area contributed by atoms with Crippen LogP contribution in [0, 0.1) is 17.8 Å². The van der Waals surface area contributed by atoms with Gasteiger partial charge in [-0.3, -0.25) is 14.5 Å². The lowest BCUT2D eigenvalue weighted by Crippen LogP contribution is -2.30. The average Bonchev–Trinajstić information content (AvgIpc) is 1.83. The number of nitrogens with one attached hydrogen (secondary N) is 2. The molecule has 7 nitrogen and oxygen atoms in total. The van der Waals surface area contributed by atoms with Crippen LogP contribution in [-0.4, -0.2) is 30.0 Å². The number of guanidine groups is 1. The molecule has 76 valence electrons. The zero-order valence-electron chi connectivity index (χ0n) is 6.69. The van der Waals surface area contributed by atoms with Crippen molar-refractivity contribution in [2.75, 3.05) is 6.54 Å². The molecule has 0 saturated heterocycles. The van der Waals surface area contributed by atoms with Crippen molar-refractivity contribution >= 4 is 16.4 Å². The van der Waals surface area contributed by atoms with Crippen LogP contribution in [-0.2, 0) is 10.4 Å². The summed E-state index contributed by atoms with van der Waals surface area (Å²) in [7, 11) is -4.67. The Morgan fingerprint density at radius 2 is 2.00 bits per heavy atom. The summed E-state index contributed by atoms with van der Waals surface area (Å²) in [4.78, 5) is 0. The molecule has 0 fully saturated rings. The van der Waals surface area contributed by atoms with Gasteiger partial charge in [-0.05, 0) is 0 Å². The van der Waals surface area contributed by atoms with E-state index >= 15 is 0 Å². The fraction of sp³-hybridized carbons (Fsp3) is 0.400. The molecule has 0 aliphatic carbocycles. The molecule has 13 heavy (non-hydrogen) atoms. The third-order valence-corrected chi connectivity index (χ3v) is 0.585. The van der Waals surface area contributed by atoms with E-state index in [4.69, 9.17) is 35.1 Å². The highest BCUT2D eigenvalue weighted by Crippen LogP contribution is 1.66. The van der Waals surface area contributed by atoms with Gasteiger partial charge in [-0.1, -0.05) is 0 Å². The first-order valence-corrected chi connectivity index (χ1v) is 4.38. The van der Waals surface area contributed by atoms with Crippen molar-refractivity contribution in [3.8, 4) is 12.3 Å². The first kappa shape index (κ1) is 14.2. The molecule has 0 rings (SSSR count). The van der Waals surface area contributed by atoms with Crippen LogP contribution in [0.3, 0.4) is 0 Å². The van der Waals surface area contributed by atoms with E-state index in [1.807, 2.05) is 0 Å². The first-order valence-electron chi connectivity index (χ1n) is 2.98. The Labute approximate surface area is 76.4 Å². The second-order valence-corrected chi connectivity index (χ2v) is 2.64. The number of hydrogen-bond donors (Lipinski definition) is 5. The molecular weight excluding hydrogens is 198 g/mol. The molecule has 8 heteroatoms. The zero-order chi connectivity index (χ0) is 10.9. The maximum Gasteiger partial charge on any atom is 0.394 e. The Morgan fingerprint density at radius 3 is 2.23 bits per heavy atom. The minimum Gasteiger partial charge on any atom is -0.370 e. The molecule has 0 aliphatic heterocycles. The van der Waals surface area contributed by atoms with Crippen molar-refractivity contribution in [3.05, 3.63) is 0 Å². The Kier molecular flexibility index (Phi) is 8.05. The molecule has 0 spiro atoms. The lowest BCUT2D eigenvalue weighted by Gasteiger charge is -1.96. The van der Waals surface area contributed by atoms with Gasteiger partial charge in [0.15, 0.2) is 5.96 Å². The van der Waals surface area contributed by atoms with Crippen LogP contribution in [0.4, 0.5) is 0 Å². The van der Waals surface area contributed by atoms with Gasteiger partial charge >= 0.3 is 10.4 Å². The molecule has 0 heterocycles. The SMILES string of the molecule is C#CCCNC(=N)N.O=S(=O)(O)O. The van der Waals surface area contributed by atoms with Gasteiger partial charge < -0.3 is 11.1 Å². The van der Waals surface area contributed by atoms with Crippen LogP contribution >= 0.6 is 0 Å². The lowest BCUT2D eigenvalue weighted by atomic mass is 10.4. The van der Waals surface area contributed by atoms with Crippen molar-refractivity contribution in [1.29, 1.82) is 5.41 Å². The number of terminal acetylenes is 1. The minimum atomic E-state index is -4.67. The summed E-state index contributed by atoms with van der Waals surface area (Å²) in [6.07, 6.45) is 5.52. The van der Waals surface area contributed by atoms with Gasteiger partial charge in [0.2, 0.25) is 0 Å². The van der Waals surface area contributed by atoms with Gasteiger partial charge in [-0.15, -0.1) is 12.3 Å². The van der Waals surface area contributed by atoms with Crippen molar-refractivity contribution in [2.24, 2.45) is 5.73 Å². The minimum absolute atomic E-state index is 0.0275. The Balaban J connectivity index is 0. The second kappa shape index (κ2) is 7.35. The molecule has 0 bridgehead atoms. The second-order valence-electron chi connectivity index (χ2n) is 1.74. The number of hydrogen-bond acceptors (Lipinski definition) is 3. The topological polar surface area (TPSA) is 136 Å². The van der Waals surface area contributed by atoms with Crippen molar-refractivity contribution < 1.29 is 17.5 Å². The largest absolute Gasteiger partial charge is 0.394 e. The standard InChI is InChI=1S/C5H9N3.H2O4S/c1-2-3-4-8-5(6)7;1-5(2,3)4/h1H,3-4H2,(H4,6,7,8);(H2,1,2,3,4). The predicted octanol–water partition coefficient (Wildman–Crippen LogP) is -1.16. The van der Waals surface area contributed by atoms with Gasteiger partial charge in [0, 0.05) is 13.0 Å². The third-order valence-electron chi connectivity index (χ3n) is 0.585. The van der Waals surface area contributed by atoms with Crippen LogP contribution in [0.1, 0.15) is 6.42 Å². The summed E-state index contributed by atoms with van der Waals surface area (Å²) >= 11 is 0. The zero-order valence-corrected chi connectivity index (χ0v) is 7.50. The van der Waals surface area contributed by atoms with Gasteiger partial charge in [0.25, 0.3) is 0 Å². The molecule has 0 aromatic carbocycles. The van der Waals surface area contributed by atoms with E-state index in [0.29, 0.717) is 13.0 Å². The van der Waals surface area contributed by atoms with E-state index in [9.17, 15) is 0 Å². The summed E-state index contributed by atoms with van der Waals surface area (Å²) in [5.41, 5.74) is 4.94. The van der Waals surface area contributed by atoms with E-state index in [0.717, 1.165) is 0 Å². The molecule has 0 radical (unpaired) electrons. The molecule has 0 aromatic heterocycles. The van der Waals surface area contributed by atoms with E-state index < -0.39 is 10.4 Å². The summed E-state index contributed by atoms with van der Waals surface area (Å²) in [5.74, 6) is 2.38. The Hall–Kier alpha value is -1.30. The molecule has 0 aromatic rings. The Bertz CT molecular complexity index is 271. The highest BCUT2D eigenvalue weighted by molar-refractivity contribution is 7.79. The van der Waals surface area contributed by atoms with E-state index in [-0.39, 0.29) is 5.96 Å². The van der Waals surface area contributed by atoms with Crippen LogP contribution in [0.5, 0.6) is 0 Å². The van der Waals surface area contributed by atoms with Crippen LogP contribution in [0.15, 0.2) is 0 Å². The van der Waals surface area contributed by atoms with E-state index in [1.54, 1.807) is 0 Å². The van der Waals surface area contributed by atoms with Crippen molar-refractivity contribution in [3.63, 3.8) is 0 Å². The summed E-state index contributed by atoms with van der Waals surface area (Å²) in [5, 5.41) is 9.24. The molecule has 0 aliphatic rings. The monoisotopic (exact) mass is 209 g/mol. The van der Waals surface area contributed by atoms with Gasteiger partial charge in [-0.25, -0.2) is 0 Å².